The van der Waals surface area contributed by atoms with Gasteiger partial charge in [-0.25, -0.2) is 4.98 Å². The summed E-state index contributed by atoms with van der Waals surface area (Å²) in [6.07, 6.45) is 3.03. The molecule has 1 heterocycles. The van der Waals surface area contributed by atoms with Crippen LogP contribution in [0.25, 0.3) is 0 Å². The molecule has 21 heavy (non-hydrogen) atoms. The van der Waals surface area contributed by atoms with E-state index in [0.717, 1.165) is 5.56 Å². The van der Waals surface area contributed by atoms with E-state index in [0.29, 0.717) is 24.0 Å². The van der Waals surface area contributed by atoms with Crippen molar-refractivity contribution in [3.63, 3.8) is 0 Å². The molecule has 0 fully saturated rings. The van der Waals surface area contributed by atoms with E-state index in [1.807, 2.05) is 12.1 Å². The van der Waals surface area contributed by atoms with Crippen molar-refractivity contribution in [3.05, 3.63) is 53.5 Å². The fourth-order valence-electron chi connectivity index (χ4n) is 1.89. The van der Waals surface area contributed by atoms with E-state index in [2.05, 4.69) is 46.6 Å². The first-order valence-corrected chi connectivity index (χ1v) is 6.97. The van der Waals surface area contributed by atoms with Crippen LogP contribution >= 0.6 is 0 Å². The van der Waals surface area contributed by atoms with Gasteiger partial charge in [0.25, 0.3) is 5.91 Å². The van der Waals surface area contributed by atoms with Gasteiger partial charge in [0.1, 0.15) is 11.5 Å². The van der Waals surface area contributed by atoms with Crippen molar-refractivity contribution in [2.75, 3.05) is 12.4 Å². The summed E-state index contributed by atoms with van der Waals surface area (Å²) in [5.41, 5.74) is 2.66. The summed E-state index contributed by atoms with van der Waals surface area (Å²) in [6, 6.07) is 8.25. The molecular formula is C16H20N4O. The third kappa shape index (κ3) is 4.02. The van der Waals surface area contributed by atoms with Crippen LogP contribution in [0.3, 0.4) is 0 Å². The molecule has 1 amide bonds. The Bertz CT molecular complexity index is 608. The van der Waals surface area contributed by atoms with E-state index in [1.54, 1.807) is 13.2 Å². The first-order valence-electron chi connectivity index (χ1n) is 6.97. The number of amides is 1. The molecule has 0 unspecified atom stereocenters. The van der Waals surface area contributed by atoms with E-state index >= 15 is 0 Å². The second-order valence-electron chi connectivity index (χ2n) is 5.12. The van der Waals surface area contributed by atoms with Gasteiger partial charge in [-0.2, -0.15) is 0 Å². The maximum Gasteiger partial charge on any atom is 0.271 e. The number of hydrogen-bond acceptors (Lipinski definition) is 4. The van der Waals surface area contributed by atoms with Gasteiger partial charge in [0.05, 0.1) is 12.4 Å². The minimum Gasteiger partial charge on any atom is -0.372 e. The lowest BCUT2D eigenvalue weighted by Gasteiger charge is -2.08. The van der Waals surface area contributed by atoms with E-state index in [9.17, 15) is 4.79 Å². The van der Waals surface area contributed by atoms with Crippen molar-refractivity contribution >= 4 is 11.7 Å². The summed E-state index contributed by atoms with van der Waals surface area (Å²) in [5.74, 6) is 0.852. The molecule has 2 aromatic rings. The molecule has 0 saturated carbocycles. The largest absolute Gasteiger partial charge is 0.372 e. The minimum absolute atomic E-state index is 0.229. The van der Waals surface area contributed by atoms with Crippen molar-refractivity contribution in [2.45, 2.75) is 26.3 Å². The number of rotatable bonds is 5. The van der Waals surface area contributed by atoms with Crippen LogP contribution < -0.4 is 10.6 Å². The average molecular weight is 284 g/mol. The molecule has 2 N–H and O–H groups in total. The van der Waals surface area contributed by atoms with Gasteiger partial charge in [-0.3, -0.25) is 9.78 Å². The number of anilines is 1. The van der Waals surface area contributed by atoms with Gasteiger partial charge in [-0.05, 0) is 17.0 Å². The number of hydrogen-bond donors (Lipinski definition) is 2. The molecule has 1 aromatic carbocycles. The molecule has 2 rings (SSSR count). The van der Waals surface area contributed by atoms with Crippen LogP contribution in [0.5, 0.6) is 0 Å². The highest BCUT2D eigenvalue weighted by atomic mass is 16.1. The molecule has 0 saturated heterocycles. The molecule has 110 valence electrons. The smallest absolute Gasteiger partial charge is 0.271 e. The minimum atomic E-state index is -0.229. The molecule has 0 aliphatic heterocycles. The third-order valence-corrected chi connectivity index (χ3v) is 3.22. The predicted octanol–water partition coefficient (Wildman–Crippen LogP) is 2.57. The SMILES string of the molecule is CNc1cncc(C(=O)NCc2ccc(C(C)C)cc2)n1. The van der Waals surface area contributed by atoms with Crippen LogP contribution in [0.2, 0.25) is 0 Å². The summed E-state index contributed by atoms with van der Waals surface area (Å²) >= 11 is 0. The monoisotopic (exact) mass is 284 g/mol. The van der Waals surface area contributed by atoms with Gasteiger partial charge < -0.3 is 10.6 Å². The predicted molar refractivity (Wildman–Crippen MR) is 83.3 cm³/mol. The first-order chi connectivity index (χ1) is 10.1. The van der Waals surface area contributed by atoms with Crippen LogP contribution in [-0.4, -0.2) is 22.9 Å². The van der Waals surface area contributed by atoms with Gasteiger partial charge in [0, 0.05) is 13.6 Å². The normalized spacial score (nSPS) is 10.5. The van der Waals surface area contributed by atoms with Crippen LogP contribution in [0.15, 0.2) is 36.7 Å². The molecule has 0 spiro atoms. The molecule has 0 aliphatic rings. The highest BCUT2D eigenvalue weighted by molar-refractivity contribution is 5.92. The lowest BCUT2D eigenvalue weighted by atomic mass is 10.0. The molecule has 0 radical (unpaired) electrons. The number of aromatic nitrogens is 2. The molecule has 0 atom stereocenters. The Labute approximate surface area is 124 Å². The second kappa shape index (κ2) is 6.83. The van der Waals surface area contributed by atoms with Crippen molar-refractivity contribution < 1.29 is 4.79 Å². The fourth-order valence-corrected chi connectivity index (χ4v) is 1.89. The Morgan fingerprint density at radius 2 is 1.90 bits per heavy atom. The zero-order chi connectivity index (χ0) is 15.2. The highest BCUT2D eigenvalue weighted by Gasteiger charge is 2.08. The topological polar surface area (TPSA) is 66.9 Å². The number of benzene rings is 1. The van der Waals surface area contributed by atoms with Gasteiger partial charge >= 0.3 is 0 Å². The molecular weight excluding hydrogens is 264 g/mol. The third-order valence-electron chi connectivity index (χ3n) is 3.22. The van der Waals surface area contributed by atoms with Gasteiger partial charge in [0.2, 0.25) is 0 Å². The van der Waals surface area contributed by atoms with Crippen molar-refractivity contribution in [2.24, 2.45) is 0 Å². The van der Waals surface area contributed by atoms with Crippen LogP contribution in [0, 0.1) is 0 Å². The van der Waals surface area contributed by atoms with Gasteiger partial charge in [-0.15, -0.1) is 0 Å². The molecule has 1 aromatic heterocycles. The zero-order valence-corrected chi connectivity index (χ0v) is 12.6. The summed E-state index contributed by atoms with van der Waals surface area (Å²) in [7, 11) is 1.74. The molecule has 5 heteroatoms. The van der Waals surface area contributed by atoms with Crippen LogP contribution in [-0.2, 0) is 6.54 Å². The lowest BCUT2D eigenvalue weighted by molar-refractivity contribution is 0.0945. The summed E-state index contributed by atoms with van der Waals surface area (Å²) in [6.45, 7) is 4.79. The second-order valence-corrected chi connectivity index (χ2v) is 5.12. The standard InChI is InChI=1S/C16H20N4O/c1-11(2)13-6-4-12(5-7-13)8-19-16(21)14-9-18-10-15(17-3)20-14/h4-7,9-11H,8H2,1-3H3,(H,17,20)(H,19,21). The summed E-state index contributed by atoms with van der Waals surface area (Å²) in [5, 5.41) is 5.71. The fraction of sp³-hybridized carbons (Fsp3) is 0.312. The Kier molecular flexibility index (Phi) is 4.87. The lowest BCUT2D eigenvalue weighted by Crippen LogP contribution is -2.24. The maximum atomic E-state index is 12.0. The molecule has 5 nitrogen and oxygen atoms in total. The molecule has 0 bridgehead atoms. The van der Waals surface area contributed by atoms with Crippen LogP contribution in [0.1, 0.15) is 41.4 Å². The number of carbonyl (C=O) groups is 1. The summed E-state index contributed by atoms with van der Waals surface area (Å²) < 4.78 is 0. The first kappa shape index (κ1) is 15.0. The van der Waals surface area contributed by atoms with E-state index in [-0.39, 0.29) is 5.91 Å². The summed E-state index contributed by atoms with van der Waals surface area (Å²) in [4.78, 5) is 20.2. The Morgan fingerprint density at radius 3 is 2.52 bits per heavy atom. The van der Waals surface area contributed by atoms with Crippen molar-refractivity contribution in [1.29, 1.82) is 0 Å². The van der Waals surface area contributed by atoms with Crippen molar-refractivity contribution in [1.82, 2.24) is 15.3 Å². The Hall–Kier alpha value is -2.43. The van der Waals surface area contributed by atoms with E-state index in [4.69, 9.17) is 0 Å². The zero-order valence-electron chi connectivity index (χ0n) is 12.6. The van der Waals surface area contributed by atoms with Crippen LogP contribution in [0.4, 0.5) is 5.82 Å². The Morgan fingerprint density at radius 1 is 1.19 bits per heavy atom. The number of nitrogens with one attached hydrogen (secondary N) is 2. The van der Waals surface area contributed by atoms with E-state index in [1.165, 1.54) is 11.8 Å². The van der Waals surface area contributed by atoms with Crippen molar-refractivity contribution in [3.8, 4) is 0 Å². The maximum absolute atomic E-state index is 12.0. The highest BCUT2D eigenvalue weighted by Crippen LogP contribution is 2.14. The number of nitrogens with zero attached hydrogens (tertiary/aromatic N) is 2. The number of carbonyl (C=O) groups excluding carboxylic acids is 1. The average Bonchev–Trinajstić information content (AvgIpc) is 2.53. The van der Waals surface area contributed by atoms with E-state index < -0.39 is 0 Å². The molecule has 0 aliphatic carbocycles. The quantitative estimate of drug-likeness (QED) is 0.885. The Balaban J connectivity index is 1.97. The van der Waals surface area contributed by atoms with Gasteiger partial charge in [0.15, 0.2) is 0 Å². The van der Waals surface area contributed by atoms with Gasteiger partial charge in [-0.1, -0.05) is 38.1 Å².